The number of fused-ring (bicyclic) bond motifs is 5. The smallest absolute Gasteiger partial charge is 0.308 e. The fraction of sp³-hybridized carbons (Fsp3) is 0.731. The van der Waals surface area contributed by atoms with Crippen LogP contribution in [0.4, 0.5) is 0 Å². The van der Waals surface area contributed by atoms with Gasteiger partial charge in [0.25, 0.3) is 0 Å². The van der Waals surface area contributed by atoms with Gasteiger partial charge in [-0.05, 0) is 61.0 Å². The van der Waals surface area contributed by atoms with E-state index in [1.807, 2.05) is 6.08 Å². The fourth-order valence-electron chi connectivity index (χ4n) is 7.91. The van der Waals surface area contributed by atoms with E-state index in [2.05, 4.69) is 20.8 Å². The number of Topliss-reactive ketones (excluding diaryl/α,β-unsaturated/α-hetero) is 1. The van der Waals surface area contributed by atoms with E-state index in [-0.39, 0.29) is 60.3 Å². The maximum absolute atomic E-state index is 13.0. The zero-order valence-corrected chi connectivity index (χ0v) is 20.4. The molecular formula is C26H35ClO6. The first-order valence-corrected chi connectivity index (χ1v) is 12.4. The van der Waals surface area contributed by atoms with Gasteiger partial charge in [0.15, 0.2) is 11.6 Å². The number of aliphatic hydroxyl groups is 2. The summed E-state index contributed by atoms with van der Waals surface area (Å²) >= 11 is 7.56. The maximum Gasteiger partial charge on any atom is 0.308 e. The third-order valence-electron chi connectivity index (χ3n) is 9.44. The summed E-state index contributed by atoms with van der Waals surface area (Å²) in [5.74, 6) is -0.819. The largest absolute Gasteiger partial charge is 0.465 e. The number of aliphatic hydroxyl groups excluding tert-OH is 2. The van der Waals surface area contributed by atoms with Crippen molar-refractivity contribution in [1.29, 1.82) is 0 Å². The number of ketones is 2. The van der Waals surface area contributed by atoms with Gasteiger partial charge in [0.1, 0.15) is 6.61 Å². The predicted octanol–water partition coefficient (Wildman–Crippen LogP) is 3.23. The van der Waals surface area contributed by atoms with Crippen LogP contribution in [0.1, 0.15) is 52.9 Å². The van der Waals surface area contributed by atoms with Gasteiger partial charge >= 0.3 is 5.97 Å². The molecule has 8 atom stereocenters. The molecule has 0 heterocycles. The molecule has 0 aliphatic heterocycles. The average molecular weight is 479 g/mol. The number of halogens is 1. The molecule has 0 aromatic rings. The molecule has 4 aliphatic carbocycles. The molecule has 0 aromatic carbocycles. The molecule has 4 rings (SSSR count). The van der Waals surface area contributed by atoms with Crippen LogP contribution in [0.2, 0.25) is 0 Å². The number of ether oxygens (including phenoxy) is 1. The van der Waals surface area contributed by atoms with Gasteiger partial charge in [0.2, 0.25) is 0 Å². The molecule has 0 saturated heterocycles. The number of rotatable bonds is 6. The van der Waals surface area contributed by atoms with Crippen LogP contribution in [0.25, 0.3) is 0 Å². The minimum Gasteiger partial charge on any atom is -0.465 e. The maximum atomic E-state index is 13.0. The van der Waals surface area contributed by atoms with Gasteiger partial charge in [-0.2, -0.15) is 0 Å². The van der Waals surface area contributed by atoms with Gasteiger partial charge in [0.05, 0.1) is 24.5 Å². The van der Waals surface area contributed by atoms with Crippen molar-refractivity contribution in [2.75, 3.05) is 19.8 Å². The summed E-state index contributed by atoms with van der Waals surface area (Å²) < 4.78 is 5.42. The quantitative estimate of drug-likeness (QED) is 0.449. The average Bonchev–Trinajstić information content (AvgIpc) is 3.07. The first-order valence-electron chi connectivity index (χ1n) is 12.1. The van der Waals surface area contributed by atoms with Crippen LogP contribution >= 0.6 is 11.6 Å². The molecule has 33 heavy (non-hydrogen) atoms. The summed E-state index contributed by atoms with van der Waals surface area (Å²) in [5.41, 5.74) is 0.316. The molecule has 0 radical (unpaired) electrons. The third-order valence-corrected chi connectivity index (χ3v) is 10.3. The van der Waals surface area contributed by atoms with E-state index in [9.17, 15) is 19.5 Å². The fourth-order valence-corrected chi connectivity index (χ4v) is 8.42. The summed E-state index contributed by atoms with van der Waals surface area (Å²) in [6, 6.07) is 0. The standard InChI is InChI=1S/C26H35ClO6/c1-15-10-20-19-11-16(14-33-22(32)5-9-28)23(21(31)13-29)24(19,2)7-8-26(20,27)25(3)6-4-17(30)12-18(15)25/h4,6,12,15-16,19-20,23,28-29H,5,7-11,13-14H2,1-3H3/t15-,16+,19-,20-,23+,24-,25-,26+/m0/s1. The number of carbonyl (C=O) groups is 3. The van der Waals surface area contributed by atoms with Crippen LogP contribution < -0.4 is 0 Å². The number of hydrogen-bond donors (Lipinski definition) is 2. The molecule has 4 aliphatic rings. The molecule has 0 bridgehead atoms. The lowest BCUT2D eigenvalue weighted by molar-refractivity contribution is -0.148. The zero-order valence-electron chi connectivity index (χ0n) is 19.7. The van der Waals surface area contributed by atoms with E-state index < -0.39 is 28.8 Å². The molecular weight excluding hydrogens is 444 g/mol. The van der Waals surface area contributed by atoms with E-state index in [1.165, 1.54) is 0 Å². The van der Waals surface area contributed by atoms with Crippen molar-refractivity contribution in [3.05, 3.63) is 23.8 Å². The number of hydrogen-bond acceptors (Lipinski definition) is 6. The van der Waals surface area contributed by atoms with Crippen molar-refractivity contribution in [1.82, 2.24) is 0 Å². The van der Waals surface area contributed by atoms with E-state index in [1.54, 1.807) is 12.2 Å². The Bertz CT molecular complexity index is 910. The Hall–Kier alpha value is -1.50. The minimum absolute atomic E-state index is 0.00733. The molecule has 0 spiro atoms. The Morgan fingerprint density at radius 1 is 1.18 bits per heavy atom. The van der Waals surface area contributed by atoms with Crippen LogP contribution in [0.5, 0.6) is 0 Å². The Balaban J connectivity index is 1.69. The molecule has 6 nitrogen and oxygen atoms in total. The minimum atomic E-state index is -0.567. The second-order valence-electron chi connectivity index (χ2n) is 11.0. The normalized spacial score (nSPS) is 43.9. The first-order chi connectivity index (χ1) is 15.5. The molecule has 0 amide bonds. The van der Waals surface area contributed by atoms with Crippen molar-refractivity contribution in [3.63, 3.8) is 0 Å². The Labute approximate surface area is 200 Å². The van der Waals surface area contributed by atoms with Crippen molar-refractivity contribution in [3.8, 4) is 0 Å². The molecule has 2 N–H and O–H groups in total. The van der Waals surface area contributed by atoms with E-state index in [0.717, 1.165) is 18.4 Å². The molecule has 3 saturated carbocycles. The first kappa shape index (κ1) is 24.6. The van der Waals surface area contributed by atoms with E-state index >= 15 is 0 Å². The monoisotopic (exact) mass is 478 g/mol. The van der Waals surface area contributed by atoms with Crippen molar-refractivity contribution < 1.29 is 29.3 Å². The predicted molar refractivity (Wildman–Crippen MR) is 123 cm³/mol. The van der Waals surface area contributed by atoms with Crippen LogP contribution in [-0.4, -0.2) is 52.4 Å². The highest BCUT2D eigenvalue weighted by Crippen LogP contribution is 2.71. The number of esters is 1. The van der Waals surface area contributed by atoms with E-state index in [4.69, 9.17) is 21.4 Å². The molecule has 182 valence electrons. The lowest BCUT2D eigenvalue weighted by Gasteiger charge is -2.62. The summed E-state index contributed by atoms with van der Waals surface area (Å²) in [4.78, 5) is 36.5. The van der Waals surface area contributed by atoms with Gasteiger partial charge in [-0.25, -0.2) is 0 Å². The second-order valence-corrected chi connectivity index (χ2v) is 11.7. The number of allylic oxidation sites excluding steroid dienone is 4. The summed E-state index contributed by atoms with van der Waals surface area (Å²) in [6.45, 7) is 5.73. The van der Waals surface area contributed by atoms with E-state index in [0.29, 0.717) is 12.8 Å². The van der Waals surface area contributed by atoms with Gasteiger partial charge in [-0.1, -0.05) is 32.4 Å². The van der Waals surface area contributed by atoms with Crippen LogP contribution in [0.3, 0.4) is 0 Å². The van der Waals surface area contributed by atoms with Crippen molar-refractivity contribution in [2.45, 2.75) is 57.7 Å². The van der Waals surface area contributed by atoms with Crippen LogP contribution in [-0.2, 0) is 19.1 Å². The molecule has 0 aromatic heterocycles. The molecule has 0 unspecified atom stereocenters. The summed E-state index contributed by atoms with van der Waals surface area (Å²) in [6.07, 6.45) is 8.28. The van der Waals surface area contributed by atoms with Gasteiger partial charge in [-0.15, -0.1) is 11.6 Å². The highest BCUT2D eigenvalue weighted by atomic mass is 35.5. The van der Waals surface area contributed by atoms with Crippen LogP contribution in [0, 0.1) is 40.4 Å². The summed E-state index contributed by atoms with van der Waals surface area (Å²) in [5, 5.41) is 18.8. The summed E-state index contributed by atoms with van der Waals surface area (Å²) in [7, 11) is 0. The Kier molecular flexibility index (Phi) is 6.43. The SMILES string of the molecule is C[C@H]1C[C@H]2[C@@H]3C[C@H](COC(=O)CCO)[C@H](C(=O)CO)[C@@]3(C)CC[C@]2(Cl)[C@@]2(C)C=CC(=O)C=C12. The van der Waals surface area contributed by atoms with Gasteiger partial charge in [-0.3, -0.25) is 14.4 Å². The third kappa shape index (κ3) is 3.64. The lowest BCUT2D eigenvalue weighted by Crippen LogP contribution is -2.61. The van der Waals surface area contributed by atoms with Crippen molar-refractivity contribution in [2.24, 2.45) is 40.4 Å². The number of carbonyl (C=O) groups excluding carboxylic acids is 3. The molecule has 7 heteroatoms. The highest BCUT2D eigenvalue weighted by molar-refractivity contribution is 6.25. The Morgan fingerprint density at radius 3 is 2.58 bits per heavy atom. The van der Waals surface area contributed by atoms with Crippen molar-refractivity contribution >= 4 is 29.1 Å². The highest BCUT2D eigenvalue weighted by Gasteiger charge is 2.68. The Morgan fingerprint density at radius 2 is 1.91 bits per heavy atom. The second kappa shape index (κ2) is 8.62. The van der Waals surface area contributed by atoms with Crippen LogP contribution in [0.15, 0.2) is 23.8 Å². The zero-order chi connectivity index (χ0) is 24.2. The topological polar surface area (TPSA) is 101 Å². The van der Waals surface area contributed by atoms with Gasteiger partial charge < -0.3 is 14.9 Å². The lowest BCUT2D eigenvalue weighted by atomic mass is 9.45. The molecule has 3 fully saturated rings. The van der Waals surface area contributed by atoms with Gasteiger partial charge in [0, 0.05) is 17.3 Å². The number of alkyl halides is 1.